The first kappa shape index (κ1) is 20.8. The van der Waals surface area contributed by atoms with E-state index in [0.717, 1.165) is 26.9 Å². The van der Waals surface area contributed by atoms with Crippen molar-refractivity contribution in [2.45, 2.75) is 38.5 Å². The lowest BCUT2D eigenvalue weighted by molar-refractivity contribution is -0.138. The molecule has 1 heterocycles. The molecule has 0 bridgehead atoms. The van der Waals surface area contributed by atoms with Gasteiger partial charge in [-0.15, -0.1) is 0 Å². The van der Waals surface area contributed by atoms with E-state index in [1.165, 1.54) is 5.56 Å². The van der Waals surface area contributed by atoms with Crippen molar-refractivity contribution in [3.8, 4) is 0 Å². The number of halogens is 1. The Bertz CT molecular complexity index is 1060. The average Bonchev–Trinajstić information content (AvgIpc) is 2.74. The highest BCUT2D eigenvalue weighted by Crippen LogP contribution is 2.46. The molecular formula is C25H24INO3. The SMILES string of the molecule is CCOC(=O)C1=C(C)NC2=C(C(=O)C[C@H](c3ccccc3)C2)[C@@H]1c1ccccc1I. The van der Waals surface area contributed by atoms with Gasteiger partial charge < -0.3 is 10.1 Å². The normalized spacial score (nSPS) is 21.2. The third-order valence-corrected chi connectivity index (χ3v) is 6.79. The Morgan fingerprint density at radius 3 is 2.50 bits per heavy atom. The van der Waals surface area contributed by atoms with Crippen LogP contribution >= 0.6 is 22.6 Å². The van der Waals surface area contributed by atoms with Gasteiger partial charge in [0.2, 0.25) is 0 Å². The molecule has 5 heteroatoms. The zero-order valence-corrected chi connectivity index (χ0v) is 19.2. The van der Waals surface area contributed by atoms with E-state index in [1.807, 2.05) is 49.4 Å². The predicted octanol–water partition coefficient (Wildman–Crippen LogP) is 5.22. The van der Waals surface area contributed by atoms with Crippen molar-refractivity contribution < 1.29 is 14.3 Å². The quantitative estimate of drug-likeness (QED) is 0.450. The fourth-order valence-corrected chi connectivity index (χ4v) is 5.20. The molecule has 1 N–H and O–H groups in total. The fourth-order valence-electron chi connectivity index (χ4n) is 4.50. The first-order valence-electron chi connectivity index (χ1n) is 10.2. The van der Waals surface area contributed by atoms with E-state index in [2.05, 4.69) is 40.0 Å². The number of hydrogen-bond donors (Lipinski definition) is 1. The van der Waals surface area contributed by atoms with Crippen molar-refractivity contribution in [3.05, 3.63) is 91.8 Å². The highest BCUT2D eigenvalue weighted by Gasteiger charge is 2.41. The molecule has 0 fully saturated rings. The van der Waals surface area contributed by atoms with Crippen LogP contribution in [0.5, 0.6) is 0 Å². The number of rotatable bonds is 4. The predicted molar refractivity (Wildman–Crippen MR) is 125 cm³/mol. The number of ketones is 1. The summed E-state index contributed by atoms with van der Waals surface area (Å²) < 4.78 is 6.40. The van der Waals surface area contributed by atoms with E-state index >= 15 is 0 Å². The lowest BCUT2D eigenvalue weighted by Crippen LogP contribution is -2.36. The summed E-state index contributed by atoms with van der Waals surface area (Å²) in [6.45, 7) is 3.99. The van der Waals surface area contributed by atoms with Gasteiger partial charge in [0.05, 0.1) is 12.2 Å². The van der Waals surface area contributed by atoms with Gasteiger partial charge in [-0.3, -0.25) is 4.79 Å². The molecule has 0 saturated carbocycles. The number of esters is 1. The highest BCUT2D eigenvalue weighted by molar-refractivity contribution is 14.1. The molecule has 0 saturated heterocycles. The van der Waals surface area contributed by atoms with Crippen LogP contribution in [0.4, 0.5) is 0 Å². The lowest BCUT2D eigenvalue weighted by atomic mass is 9.72. The number of carbonyl (C=O) groups excluding carboxylic acids is 2. The molecule has 2 aromatic carbocycles. The molecule has 4 nitrogen and oxygen atoms in total. The topological polar surface area (TPSA) is 55.4 Å². The third kappa shape index (κ3) is 3.83. The molecule has 0 unspecified atom stereocenters. The number of allylic oxidation sites excluding steroid dienone is 3. The molecule has 30 heavy (non-hydrogen) atoms. The molecule has 2 aromatic rings. The Morgan fingerprint density at radius 2 is 1.80 bits per heavy atom. The summed E-state index contributed by atoms with van der Waals surface area (Å²) in [4.78, 5) is 26.4. The van der Waals surface area contributed by atoms with E-state index in [-0.39, 0.29) is 17.7 Å². The van der Waals surface area contributed by atoms with Crippen LogP contribution in [-0.4, -0.2) is 18.4 Å². The van der Waals surface area contributed by atoms with Gasteiger partial charge in [0.25, 0.3) is 0 Å². The van der Waals surface area contributed by atoms with Crippen molar-refractivity contribution in [2.24, 2.45) is 0 Å². The van der Waals surface area contributed by atoms with Gasteiger partial charge in [-0.05, 0) is 66.0 Å². The summed E-state index contributed by atoms with van der Waals surface area (Å²) in [6.07, 6.45) is 1.19. The molecule has 0 radical (unpaired) electrons. The molecule has 0 amide bonds. The highest BCUT2D eigenvalue weighted by atomic mass is 127. The number of carbonyl (C=O) groups is 2. The Morgan fingerprint density at radius 1 is 1.10 bits per heavy atom. The maximum absolute atomic E-state index is 13.5. The molecule has 0 spiro atoms. The summed E-state index contributed by atoms with van der Waals surface area (Å²) in [7, 11) is 0. The number of benzene rings is 2. The molecular weight excluding hydrogens is 489 g/mol. The van der Waals surface area contributed by atoms with Gasteiger partial charge in [-0.2, -0.15) is 0 Å². The molecule has 154 valence electrons. The van der Waals surface area contributed by atoms with Gasteiger partial charge in [0.15, 0.2) is 5.78 Å². The summed E-state index contributed by atoms with van der Waals surface area (Å²) in [6, 6.07) is 18.1. The maximum Gasteiger partial charge on any atom is 0.336 e. The Labute approximate surface area is 190 Å². The van der Waals surface area contributed by atoms with Gasteiger partial charge in [0.1, 0.15) is 0 Å². The first-order chi connectivity index (χ1) is 14.5. The van der Waals surface area contributed by atoms with Gasteiger partial charge in [0, 0.05) is 32.9 Å². The van der Waals surface area contributed by atoms with Crippen LogP contribution in [0.15, 0.2) is 77.1 Å². The minimum atomic E-state index is -0.405. The number of Topliss-reactive ketones (excluding diaryl/α,β-unsaturated/α-hetero) is 1. The largest absolute Gasteiger partial charge is 0.463 e. The summed E-state index contributed by atoms with van der Waals surface area (Å²) in [5.41, 5.74) is 5.07. The zero-order chi connectivity index (χ0) is 21.3. The lowest BCUT2D eigenvalue weighted by Gasteiger charge is -2.37. The molecule has 2 atom stereocenters. The van der Waals surface area contributed by atoms with Crippen molar-refractivity contribution in [1.29, 1.82) is 0 Å². The van der Waals surface area contributed by atoms with E-state index in [4.69, 9.17) is 4.74 Å². The van der Waals surface area contributed by atoms with Crippen LogP contribution in [0.2, 0.25) is 0 Å². The van der Waals surface area contributed by atoms with Crippen molar-refractivity contribution in [1.82, 2.24) is 5.32 Å². The van der Waals surface area contributed by atoms with Crippen LogP contribution in [0, 0.1) is 3.57 Å². The second kappa shape index (κ2) is 8.76. The van der Waals surface area contributed by atoms with Gasteiger partial charge in [-0.1, -0.05) is 48.5 Å². The second-order valence-electron chi connectivity index (χ2n) is 7.67. The average molecular weight is 513 g/mol. The Kier molecular flexibility index (Phi) is 6.09. The summed E-state index contributed by atoms with van der Waals surface area (Å²) in [5.74, 6) is -0.539. The molecule has 4 rings (SSSR count). The van der Waals surface area contributed by atoms with E-state index in [0.29, 0.717) is 24.2 Å². The van der Waals surface area contributed by atoms with Gasteiger partial charge >= 0.3 is 5.97 Å². The van der Waals surface area contributed by atoms with Gasteiger partial charge in [-0.25, -0.2) is 4.79 Å². The van der Waals surface area contributed by atoms with Crippen molar-refractivity contribution in [3.63, 3.8) is 0 Å². The minimum absolute atomic E-state index is 0.0940. The van der Waals surface area contributed by atoms with Crippen LogP contribution in [0.1, 0.15) is 49.7 Å². The minimum Gasteiger partial charge on any atom is -0.463 e. The Hall–Kier alpha value is -2.41. The number of hydrogen-bond acceptors (Lipinski definition) is 4. The van der Waals surface area contributed by atoms with Crippen LogP contribution < -0.4 is 5.32 Å². The molecule has 2 aliphatic rings. The number of nitrogens with one attached hydrogen (secondary N) is 1. The van der Waals surface area contributed by atoms with E-state index in [1.54, 1.807) is 6.92 Å². The van der Waals surface area contributed by atoms with Crippen molar-refractivity contribution >= 4 is 34.3 Å². The van der Waals surface area contributed by atoms with Crippen LogP contribution in [0.3, 0.4) is 0 Å². The Balaban J connectivity index is 1.82. The molecule has 1 aliphatic carbocycles. The molecule has 0 aromatic heterocycles. The van der Waals surface area contributed by atoms with Crippen molar-refractivity contribution in [2.75, 3.05) is 6.61 Å². The fraction of sp³-hybridized carbons (Fsp3) is 0.280. The summed E-state index contributed by atoms with van der Waals surface area (Å²) in [5, 5.41) is 3.39. The third-order valence-electron chi connectivity index (χ3n) is 5.81. The van der Waals surface area contributed by atoms with E-state index < -0.39 is 5.92 Å². The smallest absolute Gasteiger partial charge is 0.336 e. The maximum atomic E-state index is 13.5. The molecule has 1 aliphatic heterocycles. The monoisotopic (exact) mass is 513 g/mol. The van der Waals surface area contributed by atoms with E-state index in [9.17, 15) is 9.59 Å². The standard InChI is InChI=1S/C25H24INO3/c1-3-30-25(29)22-15(2)27-20-13-17(16-9-5-4-6-10-16)14-21(28)24(20)23(22)18-11-7-8-12-19(18)26/h4-12,17,23,27H,3,13-14H2,1-2H3/t17-,23-/m1/s1. The van der Waals surface area contributed by atoms with Crippen LogP contribution in [0.25, 0.3) is 0 Å². The first-order valence-corrected chi connectivity index (χ1v) is 11.3. The number of dihydropyridines is 1. The van der Waals surface area contributed by atoms with Crippen LogP contribution in [-0.2, 0) is 14.3 Å². The summed E-state index contributed by atoms with van der Waals surface area (Å²) >= 11 is 2.28. The second-order valence-corrected chi connectivity index (χ2v) is 8.83. The zero-order valence-electron chi connectivity index (χ0n) is 17.1. The number of ether oxygens (including phenoxy) is 1.